The highest BCUT2D eigenvalue weighted by atomic mass is 32.2. The molecule has 33 heavy (non-hydrogen) atoms. The van der Waals surface area contributed by atoms with Crippen LogP contribution in [0.4, 0.5) is 18.9 Å². The predicted molar refractivity (Wildman–Crippen MR) is 119 cm³/mol. The monoisotopic (exact) mass is 473 g/mol. The quantitative estimate of drug-likeness (QED) is 0.473. The van der Waals surface area contributed by atoms with E-state index in [-0.39, 0.29) is 17.5 Å². The lowest BCUT2D eigenvalue weighted by molar-refractivity contribution is -0.137. The van der Waals surface area contributed by atoms with Gasteiger partial charge in [0.25, 0.3) is 10.0 Å². The van der Waals surface area contributed by atoms with Crippen LogP contribution in [-0.4, -0.2) is 15.0 Å². The molecule has 0 aromatic heterocycles. The van der Waals surface area contributed by atoms with Gasteiger partial charge in [-0.3, -0.25) is 4.31 Å². The fourth-order valence-electron chi connectivity index (χ4n) is 4.63. The van der Waals surface area contributed by atoms with Crippen LogP contribution in [0.1, 0.15) is 41.2 Å². The van der Waals surface area contributed by atoms with E-state index in [2.05, 4.69) is 12.1 Å². The first-order chi connectivity index (χ1) is 15.7. The number of anilines is 1. The van der Waals surface area contributed by atoms with Gasteiger partial charge < -0.3 is 4.74 Å². The summed E-state index contributed by atoms with van der Waals surface area (Å²) < 4.78 is 73.3. The Balaban J connectivity index is 1.43. The Morgan fingerprint density at radius 1 is 0.909 bits per heavy atom. The number of aryl methyl sites for hydroxylation is 2. The van der Waals surface area contributed by atoms with Crippen LogP contribution in [-0.2, 0) is 29.0 Å². The number of alkyl halides is 3. The Morgan fingerprint density at radius 3 is 2.55 bits per heavy atom. The highest BCUT2D eigenvalue weighted by molar-refractivity contribution is 7.92. The summed E-state index contributed by atoms with van der Waals surface area (Å²) in [6.07, 6.45) is -1.59. The molecule has 2 aliphatic rings. The topological polar surface area (TPSA) is 46.6 Å². The highest BCUT2D eigenvalue weighted by Crippen LogP contribution is 2.39. The third-order valence-electron chi connectivity index (χ3n) is 6.23. The van der Waals surface area contributed by atoms with E-state index in [9.17, 15) is 21.6 Å². The van der Waals surface area contributed by atoms with Crippen molar-refractivity contribution in [2.45, 2.75) is 42.9 Å². The maximum absolute atomic E-state index is 13.3. The molecule has 172 valence electrons. The maximum atomic E-state index is 13.3. The third kappa shape index (κ3) is 4.08. The van der Waals surface area contributed by atoms with Gasteiger partial charge in [0, 0.05) is 6.54 Å². The lowest BCUT2D eigenvalue weighted by atomic mass is 10.0. The average molecular weight is 474 g/mol. The second-order valence-electron chi connectivity index (χ2n) is 8.34. The van der Waals surface area contributed by atoms with Gasteiger partial charge in [-0.15, -0.1) is 0 Å². The summed E-state index contributed by atoms with van der Waals surface area (Å²) in [5, 5.41) is 0. The van der Waals surface area contributed by atoms with Crippen molar-refractivity contribution in [2.75, 3.05) is 10.8 Å². The molecule has 0 saturated heterocycles. The lowest BCUT2D eigenvalue weighted by Gasteiger charge is -2.31. The molecule has 0 amide bonds. The molecule has 1 aliphatic heterocycles. The van der Waals surface area contributed by atoms with Crippen LogP contribution >= 0.6 is 0 Å². The van der Waals surface area contributed by atoms with Gasteiger partial charge in [0.1, 0.15) is 11.9 Å². The number of halogens is 3. The molecule has 0 saturated carbocycles. The van der Waals surface area contributed by atoms with Crippen LogP contribution in [0, 0.1) is 0 Å². The van der Waals surface area contributed by atoms with Crippen molar-refractivity contribution in [1.29, 1.82) is 0 Å². The minimum Gasteiger partial charge on any atom is -0.486 e. The smallest absolute Gasteiger partial charge is 0.416 e. The molecule has 1 atom stereocenters. The van der Waals surface area contributed by atoms with E-state index >= 15 is 0 Å². The van der Waals surface area contributed by atoms with Crippen molar-refractivity contribution < 1.29 is 26.3 Å². The standard InChI is InChI=1S/C25H22F3NO3S/c26-25(27,28)19-7-3-8-21(16-19)33(30,31)29-14-4-6-18-15-20(11-12-23(18)29)32-24-13-10-17-5-1-2-9-22(17)24/h1-3,5,7-9,11-12,15-16,24H,4,6,10,13-14H2. The Hall–Kier alpha value is -3.00. The number of hydrogen-bond acceptors (Lipinski definition) is 3. The van der Waals surface area contributed by atoms with Crippen molar-refractivity contribution >= 4 is 15.7 Å². The minimum absolute atomic E-state index is 0.0483. The van der Waals surface area contributed by atoms with Gasteiger partial charge in [0.15, 0.2) is 0 Å². The van der Waals surface area contributed by atoms with E-state index in [4.69, 9.17) is 4.74 Å². The summed E-state index contributed by atoms with van der Waals surface area (Å²) in [5.74, 6) is 0.661. The van der Waals surface area contributed by atoms with Crippen molar-refractivity contribution in [3.8, 4) is 5.75 Å². The first-order valence-corrected chi connectivity index (χ1v) is 12.2. The number of hydrogen-bond donors (Lipinski definition) is 0. The molecular formula is C25H22F3NO3S. The van der Waals surface area contributed by atoms with Gasteiger partial charge >= 0.3 is 6.18 Å². The number of fused-ring (bicyclic) bond motifs is 2. The SMILES string of the molecule is O=S(=O)(c1cccc(C(F)(F)F)c1)N1CCCc2cc(OC3CCc4ccccc43)ccc21. The van der Waals surface area contributed by atoms with Gasteiger partial charge in [0.2, 0.25) is 0 Å². The van der Waals surface area contributed by atoms with E-state index in [1.54, 1.807) is 12.1 Å². The summed E-state index contributed by atoms with van der Waals surface area (Å²) in [6, 6.07) is 17.3. The molecule has 3 aromatic rings. The first kappa shape index (κ1) is 21.8. The molecule has 0 spiro atoms. The fraction of sp³-hybridized carbons (Fsp3) is 0.280. The van der Waals surface area contributed by atoms with E-state index < -0.39 is 21.8 Å². The Labute approximate surface area is 190 Å². The average Bonchev–Trinajstić information content (AvgIpc) is 3.21. The zero-order valence-electron chi connectivity index (χ0n) is 17.7. The van der Waals surface area contributed by atoms with E-state index in [1.165, 1.54) is 21.5 Å². The maximum Gasteiger partial charge on any atom is 0.416 e. The van der Waals surface area contributed by atoms with E-state index in [0.717, 1.165) is 30.5 Å². The molecule has 0 fully saturated rings. The van der Waals surface area contributed by atoms with Gasteiger partial charge in [-0.2, -0.15) is 13.2 Å². The van der Waals surface area contributed by atoms with Crippen molar-refractivity contribution in [3.05, 3.63) is 89.0 Å². The number of benzene rings is 3. The second-order valence-corrected chi connectivity index (χ2v) is 10.2. The largest absolute Gasteiger partial charge is 0.486 e. The summed E-state index contributed by atoms with van der Waals surface area (Å²) in [7, 11) is -4.14. The molecule has 1 aliphatic carbocycles. The van der Waals surface area contributed by atoms with Crippen molar-refractivity contribution in [3.63, 3.8) is 0 Å². The van der Waals surface area contributed by atoms with Gasteiger partial charge in [-0.05, 0) is 78.8 Å². The molecule has 5 rings (SSSR count). The molecule has 0 radical (unpaired) electrons. The van der Waals surface area contributed by atoms with E-state index in [0.29, 0.717) is 30.3 Å². The zero-order chi connectivity index (χ0) is 23.2. The summed E-state index contributed by atoms with van der Waals surface area (Å²) >= 11 is 0. The summed E-state index contributed by atoms with van der Waals surface area (Å²) in [6.45, 7) is 0.210. The van der Waals surface area contributed by atoms with Crippen LogP contribution in [0.5, 0.6) is 5.75 Å². The predicted octanol–water partition coefficient (Wildman–Crippen LogP) is 5.91. The Kier molecular flexibility index (Phi) is 5.35. The number of ether oxygens (including phenoxy) is 1. The second kappa shape index (κ2) is 8.09. The molecule has 0 bridgehead atoms. The summed E-state index contributed by atoms with van der Waals surface area (Å²) in [4.78, 5) is -0.368. The normalized spacial score (nSPS) is 18.0. The highest BCUT2D eigenvalue weighted by Gasteiger charge is 2.34. The van der Waals surface area contributed by atoms with Crippen molar-refractivity contribution in [1.82, 2.24) is 0 Å². The number of sulfonamides is 1. The molecule has 1 heterocycles. The molecule has 8 heteroatoms. The molecule has 1 unspecified atom stereocenters. The third-order valence-corrected chi connectivity index (χ3v) is 8.04. The first-order valence-electron chi connectivity index (χ1n) is 10.8. The van der Waals surface area contributed by atoms with Crippen LogP contribution in [0.15, 0.2) is 71.6 Å². The van der Waals surface area contributed by atoms with Crippen LogP contribution in [0.3, 0.4) is 0 Å². The van der Waals surface area contributed by atoms with Crippen LogP contribution in [0.2, 0.25) is 0 Å². The van der Waals surface area contributed by atoms with E-state index in [1.807, 2.05) is 18.2 Å². The Bertz CT molecular complexity index is 1300. The van der Waals surface area contributed by atoms with Crippen molar-refractivity contribution in [2.24, 2.45) is 0 Å². The molecule has 4 nitrogen and oxygen atoms in total. The minimum atomic E-state index is -4.61. The fourth-order valence-corrected chi connectivity index (χ4v) is 6.21. The molecule has 0 N–H and O–H groups in total. The van der Waals surface area contributed by atoms with Crippen LogP contribution in [0.25, 0.3) is 0 Å². The summed E-state index contributed by atoms with van der Waals surface area (Å²) in [5.41, 5.74) is 2.75. The van der Waals surface area contributed by atoms with Gasteiger partial charge in [0.05, 0.1) is 16.1 Å². The van der Waals surface area contributed by atoms with Gasteiger partial charge in [-0.1, -0.05) is 30.3 Å². The Morgan fingerprint density at radius 2 is 1.73 bits per heavy atom. The van der Waals surface area contributed by atoms with Gasteiger partial charge in [-0.25, -0.2) is 8.42 Å². The molecule has 3 aromatic carbocycles. The zero-order valence-corrected chi connectivity index (χ0v) is 18.5. The molecular weight excluding hydrogens is 451 g/mol. The lowest BCUT2D eigenvalue weighted by Crippen LogP contribution is -2.35. The number of nitrogens with zero attached hydrogens (tertiary/aromatic N) is 1. The van der Waals surface area contributed by atoms with Crippen LogP contribution < -0.4 is 9.04 Å². The number of rotatable bonds is 4.